The van der Waals surface area contributed by atoms with Crippen LogP contribution in [0.4, 0.5) is 0 Å². The van der Waals surface area contributed by atoms with E-state index in [2.05, 4.69) is 50.4 Å². The van der Waals surface area contributed by atoms with E-state index in [0.29, 0.717) is 0 Å². The minimum absolute atomic E-state index is 0.732. The van der Waals surface area contributed by atoms with Crippen LogP contribution < -0.4 is 5.32 Å². The lowest BCUT2D eigenvalue weighted by Gasteiger charge is -2.19. The average Bonchev–Trinajstić information content (AvgIpc) is 2.30. The van der Waals surface area contributed by atoms with Crippen LogP contribution in [0.25, 0.3) is 0 Å². The molecule has 0 heterocycles. The lowest BCUT2D eigenvalue weighted by atomic mass is 9.89. The molecule has 0 bridgehead atoms. The Morgan fingerprint density at radius 1 is 1.00 bits per heavy atom. The second kappa shape index (κ2) is 6.70. The normalized spacial score (nSPS) is 14.8. The van der Waals surface area contributed by atoms with E-state index in [1.165, 1.54) is 17.5 Å². The van der Waals surface area contributed by atoms with Crippen LogP contribution in [-0.2, 0) is 12.8 Å². The maximum Gasteiger partial charge on any atom is -0.00235 e. The van der Waals surface area contributed by atoms with E-state index in [0.717, 1.165) is 24.8 Å². The Hall–Kier alpha value is -0.820. The van der Waals surface area contributed by atoms with Crippen molar-refractivity contribution in [2.45, 2.75) is 33.6 Å². The van der Waals surface area contributed by atoms with Gasteiger partial charge in [0.05, 0.1) is 0 Å². The van der Waals surface area contributed by atoms with Gasteiger partial charge in [-0.2, -0.15) is 0 Å². The second-order valence-electron chi connectivity index (χ2n) is 4.89. The summed E-state index contributed by atoms with van der Waals surface area (Å²) >= 11 is 0. The maximum absolute atomic E-state index is 3.25. The largest absolute Gasteiger partial charge is 0.319 e. The molecule has 0 aromatic heterocycles. The van der Waals surface area contributed by atoms with Gasteiger partial charge in [0.2, 0.25) is 0 Å². The fraction of sp³-hybridized carbons (Fsp3) is 0.600. The lowest BCUT2D eigenvalue weighted by Crippen LogP contribution is -2.23. The van der Waals surface area contributed by atoms with Gasteiger partial charge in [0.15, 0.2) is 0 Å². The van der Waals surface area contributed by atoms with E-state index >= 15 is 0 Å². The van der Waals surface area contributed by atoms with Gasteiger partial charge in [-0.25, -0.2) is 0 Å². The SMILES string of the molecule is CCc1ccc(CC(C)C(C)CNC)cc1. The van der Waals surface area contributed by atoms with Gasteiger partial charge in [-0.15, -0.1) is 0 Å². The minimum Gasteiger partial charge on any atom is -0.319 e. The van der Waals surface area contributed by atoms with Crippen LogP contribution in [0.15, 0.2) is 24.3 Å². The zero-order chi connectivity index (χ0) is 12.0. The average molecular weight is 219 g/mol. The Balaban J connectivity index is 2.52. The van der Waals surface area contributed by atoms with Gasteiger partial charge < -0.3 is 5.32 Å². The quantitative estimate of drug-likeness (QED) is 0.774. The predicted octanol–water partition coefficient (Wildman–Crippen LogP) is 3.28. The summed E-state index contributed by atoms with van der Waals surface area (Å²) in [7, 11) is 2.03. The topological polar surface area (TPSA) is 12.0 Å². The molecule has 90 valence electrons. The number of rotatable bonds is 6. The van der Waals surface area contributed by atoms with E-state index in [1.807, 2.05) is 7.05 Å². The second-order valence-corrected chi connectivity index (χ2v) is 4.89. The molecule has 0 aliphatic carbocycles. The first-order chi connectivity index (χ1) is 7.67. The van der Waals surface area contributed by atoms with E-state index < -0.39 is 0 Å². The van der Waals surface area contributed by atoms with Gasteiger partial charge >= 0.3 is 0 Å². The van der Waals surface area contributed by atoms with Crippen molar-refractivity contribution in [3.8, 4) is 0 Å². The monoisotopic (exact) mass is 219 g/mol. The van der Waals surface area contributed by atoms with Crippen molar-refractivity contribution in [2.75, 3.05) is 13.6 Å². The molecule has 1 heteroatoms. The van der Waals surface area contributed by atoms with Crippen molar-refractivity contribution in [3.63, 3.8) is 0 Å². The van der Waals surface area contributed by atoms with Gasteiger partial charge in [-0.05, 0) is 49.4 Å². The summed E-state index contributed by atoms with van der Waals surface area (Å²) in [6, 6.07) is 9.07. The zero-order valence-corrected chi connectivity index (χ0v) is 11.1. The number of hydrogen-bond acceptors (Lipinski definition) is 1. The molecular formula is C15H25N. The van der Waals surface area contributed by atoms with Crippen LogP contribution in [0.1, 0.15) is 31.9 Å². The molecule has 0 saturated heterocycles. The lowest BCUT2D eigenvalue weighted by molar-refractivity contribution is 0.374. The molecule has 1 aromatic carbocycles. The standard InChI is InChI=1S/C15H25N/c1-5-14-6-8-15(9-7-14)10-12(2)13(3)11-16-4/h6-9,12-13,16H,5,10-11H2,1-4H3. The number of nitrogens with one attached hydrogen (secondary N) is 1. The minimum atomic E-state index is 0.732. The van der Waals surface area contributed by atoms with Crippen molar-refractivity contribution in [2.24, 2.45) is 11.8 Å². The Morgan fingerprint density at radius 2 is 1.56 bits per heavy atom. The van der Waals surface area contributed by atoms with Crippen molar-refractivity contribution < 1.29 is 0 Å². The van der Waals surface area contributed by atoms with Crippen molar-refractivity contribution in [3.05, 3.63) is 35.4 Å². The molecule has 1 N–H and O–H groups in total. The first kappa shape index (κ1) is 13.2. The molecule has 1 rings (SSSR count). The van der Waals surface area contributed by atoms with Gasteiger partial charge in [-0.3, -0.25) is 0 Å². The Bertz CT molecular complexity index is 289. The molecule has 0 saturated carbocycles. The third-order valence-corrected chi connectivity index (χ3v) is 3.49. The summed E-state index contributed by atoms with van der Waals surface area (Å²) in [5, 5.41) is 3.25. The third kappa shape index (κ3) is 3.97. The summed E-state index contributed by atoms with van der Waals surface area (Å²) in [4.78, 5) is 0. The van der Waals surface area contributed by atoms with Crippen LogP contribution in [-0.4, -0.2) is 13.6 Å². The molecular weight excluding hydrogens is 194 g/mol. The summed E-state index contributed by atoms with van der Waals surface area (Å²) < 4.78 is 0. The van der Waals surface area contributed by atoms with Crippen LogP contribution in [0.5, 0.6) is 0 Å². The van der Waals surface area contributed by atoms with Gasteiger partial charge in [0.25, 0.3) is 0 Å². The number of hydrogen-bond donors (Lipinski definition) is 1. The van der Waals surface area contributed by atoms with Gasteiger partial charge in [0.1, 0.15) is 0 Å². The number of benzene rings is 1. The molecule has 0 spiro atoms. The molecule has 0 amide bonds. The van der Waals surface area contributed by atoms with E-state index in [4.69, 9.17) is 0 Å². The summed E-state index contributed by atoms with van der Waals surface area (Å²) in [6.07, 6.45) is 2.32. The highest BCUT2D eigenvalue weighted by Gasteiger charge is 2.11. The summed E-state index contributed by atoms with van der Waals surface area (Å²) in [6.45, 7) is 7.97. The molecule has 0 aliphatic heterocycles. The smallest absolute Gasteiger partial charge is 0.00235 e. The molecule has 16 heavy (non-hydrogen) atoms. The molecule has 0 radical (unpaired) electrons. The van der Waals surface area contributed by atoms with Crippen molar-refractivity contribution in [1.29, 1.82) is 0 Å². The Labute approximate surface area is 100 Å². The highest BCUT2D eigenvalue weighted by Crippen LogP contribution is 2.17. The molecule has 1 aromatic rings. The van der Waals surface area contributed by atoms with Crippen molar-refractivity contribution >= 4 is 0 Å². The first-order valence-corrected chi connectivity index (χ1v) is 6.39. The van der Waals surface area contributed by atoms with Gasteiger partial charge in [0, 0.05) is 0 Å². The fourth-order valence-electron chi connectivity index (χ4n) is 2.01. The van der Waals surface area contributed by atoms with E-state index in [1.54, 1.807) is 0 Å². The highest BCUT2D eigenvalue weighted by atomic mass is 14.8. The zero-order valence-electron chi connectivity index (χ0n) is 11.1. The fourth-order valence-corrected chi connectivity index (χ4v) is 2.01. The molecule has 1 nitrogen and oxygen atoms in total. The Kier molecular flexibility index (Phi) is 5.54. The summed E-state index contributed by atoms with van der Waals surface area (Å²) in [5.74, 6) is 1.47. The third-order valence-electron chi connectivity index (χ3n) is 3.49. The van der Waals surface area contributed by atoms with Crippen LogP contribution >= 0.6 is 0 Å². The molecule has 0 fully saturated rings. The molecule has 0 aliphatic rings. The molecule has 2 atom stereocenters. The first-order valence-electron chi connectivity index (χ1n) is 6.39. The number of aryl methyl sites for hydroxylation is 1. The van der Waals surface area contributed by atoms with E-state index in [9.17, 15) is 0 Å². The van der Waals surface area contributed by atoms with Crippen molar-refractivity contribution in [1.82, 2.24) is 5.32 Å². The van der Waals surface area contributed by atoms with Crippen LogP contribution in [0.3, 0.4) is 0 Å². The van der Waals surface area contributed by atoms with E-state index in [-0.39, 0.29) is 0 Å². The highest BCUT2D eigenvalue weighted by molar-refractivity contribution is 5.22. The predicted molar refractivity (Wildman–Crippen MR) is 71.8 cm³/mol. The van der Waals surface area contributed by atoms with Crippen LogP contribution in [0.2, 0.25) is 0 Å². The van der Waals surface area contributed by atoms with Crippen LogP contribution in [0, 0.1) is 11.8 Å². The maximum atomic E-state index is 3.25. The summed E-state index contributed by atoms with van der Waals surface area (Å²) in [5.41, 5.74) is 2.90. The van der Waals surface area contributed by atoms with Gasteiger partial charge in [-0.1, -0.05) is 45.0 Å². The molecule has 2 unspecified atom stereocenters. The Morgan fingerprint density at radius 3 is 2.06 bits per heavy atom.